The van der Waals surface area contributed by atoms with Gasteiger partial charge in [-0.3, -0.25) is 0 Å². The lowest BCUT2D eigenvalue weighted by atomic mass is 10.1. The molecule has 0 radical (unpaired) electrons. The molecule has 0 aliphatic rings. The standard InChI is InChI=1S/C14H11BrN2S/c15-12-2-4-13(5-3-12)18-14-6-1-10(8-16)7-11(14)9-17/h1-7H,8,16H2. The fourth-order valence-electron chi connectivity index (χ4n) is 1.51. The molecule has 0 aliphatic heterocycles. The van der Waals surface area contributed by atoms with E-state index in [1.807, 2.05) is 42.5 Å². The molecule has 4 heteroatoms. The molecule has 90 valence electrons. The Kier molecular flexibility index (Phi) is 4.43. The molecule has 0 aromatic heterocycles. The minimum Gasteiger partial charge on any atom is -0.326 e. The molecule has 2 aromatic rings. The fraction of sp³-hybridized carbons (Fsp3) is 0.0714. The number of benzene rings is 2. The number of hydrogen-bond acceptors (Lipinski definition) is 3. The smallest absolute Gasteiger partial charge is 0.100 e. The molecule has 0 fully saturated rings. The summed E-state index contributed by atoms with van der Waals surface area (Å²) in [5.74, 6) is 0. The lowest BCUT2D eigenvalue weighted by Crippen LogP contribution is -1.96. The monoisotopic (exact) mass is 318 g/mol. The van der Waals surface area contributed by atoms with Crippen LogP contribution in [0.15, 0.2) is 56.7 Å². The predicted octanol–water partition coefficient (Wildman–Crippen LogP) is 3.93. The molecule has 0 atom stereocenters. The number of nitriles is 1. The van der Waals surface area contributed by atoms with Gasteiger partial charge in [0.1, 0.15) is 6.07 Å². The highest BCUT2D eigenvalue weighted by molar-refractivity contribution is 9.10. The van der Waals surface area contributed by atoms with Crippen LogP contribution in [0.3, 0.4) is 0 Å². The summed E-state index contributed by atoms with van der Waals surface area (Å²) >= 11 is 4.98. The van der Waals surface area contributed by atoms with Crippen LogP contribution in [0.25, 0.3) is 0 Å². The second-order valence-electron chi connectivity index (χ2n) is 3.70. The average molecular weight is 319 g/mol. The second kappa shape index (κ2) is 6.05. The lowest BCUT2D eigenvalue weighted by Gasteiger charge is -2.06. The Labute approximate surface area is 119 Å². The predicted molar refractivity (Wildman–Crippen MR) is 77.3 cm³/mol. The van der Waals surface area contributed by atoms with E-state index < -0.39 is 0 Å². The molecule has 0 unspecified atom stereocenters. The summed E-state index contributed by atoms with van der Waals surface area (Å²) in [6.07, 6.45) is 0. The minimum atomic E-state index is 0.456. The van der Waals surface area contributed by atoms with Crippen LogP contribution >= 0.6 is 27.7 Å². The molecule has 2 rings (SSSR count). The minimum absolute atomic E-state index is 0.456. The Balaban J connectivity index is 2.29. The third-order valence-electron chi connectivity index (χ3n) is 2.44. The highest BCUT2D eigenvalue weighted by Gasteiger charge is 2.05. The molecule has 0 heterocycles. The zero-order chi connectivity index (χ0) is 13.0. The summed E-state index contributed by atoms with van der Waals surface area (Å²) in [6, 6.07) is 16.0. The van der Waals surface area contributed by atoms with Gasteiger partial charge in [0, 0.05) is 20.8 Å². The molecule has 0 amide bonds. The van der Waals surface area contributed by atoms with Gasteiger partial charge in [-0.05, 0) is 42.0 Å². The van der Waals surface area contributed by atoms with E-state index in [1.54, 1.807) is 11.8 Å². The number of nitrogens with zero attached hydrogens (tertiary/aromatic N) is 1. The van der Waals surface area contributed by atoms with Crippen LogP contribution in [0.2, 0.25) is 0 Å². The van der Waals surface area contributed by atoms with Gasteiger partial charge in [0.25, 0.3) is 0 Å². The van der Waals surface area contributed by atoms with E-state index in [4.69, 9.17) is 11.0 Å². The quantitative estimate of drug-likeness (QED) is 0.932. The van der Waals surface area contributed by atoms with Crippen molar-refractivity contribution in [1.29, 1.82) is 5.26 Å². The molecule has 0 spiro atoms. The zero-order valence-electron chi connectivity index (χ0n) is 9.56. The number of nitrogens with two attached hydrogens (primary N) is 1. The van der Waals surface area contributed by atoms with Gasteiger partial charge in [-0.25, -0.2) is 0 Å². The second-order valence-corrected chi connectivity index (χ2v) is 5.73. The summed E-state index contributed by atoms with van der Waals surface area (Å²) in [5.41, 5.74) is 7.22. The Bertz CT molecular complexity index is 588. The molecular formula is C14H11BrN2S. The average Bonchev–Trinajstić information content (AvgIpc) is 2.41. The van der Waals surface area contributed by atoms with Crippen LogP contribution in [0.4, 0.5) is 0 Å². The molecule has 0 bridgehead atoms. The first-order valence-electron chi connectivity index (χ1n) is 5.39. The van der Waals surface area contributed by atoms with Crippen LogP contribution in [0.1, 0.15) is 11.1 Å². The maximum Gasteiger partial charge on any atom is 0.100 e. The van der Waals surface area contributed by atoms with Crippen LogP contribution in [0, 0.1) is 11.3 Å². The van der Waals surface area contributed by atoms with Crippen LogP contribution in [0.5, 0.6) is 0 Å². The van der Waals surface area contributed by atoms with Crippen molar-refractivity contribution in [3.05, 3.63) is 58.1 Å². The summed E-state index contributed by atoms with van der Waals surface area (Å²) in [6.45, 7) is 0.456. The van der Waals surface area contributed by atoms with Crippen molar-refractivity contribution >= 4 is 27.7 Å². The first-order valence-corrected chi connectivity index (χ1v) is 7.00. The van der Waals surface area contributed by atoms with Crippen molar-refractivity contribution in [2.45, 2.75) is 16.3 Å². The van der Waals surface area contributed by atoms with Gasteiger partial charge in [-0.2, -0.15) is 5.26 Å². The van der Waals surface area contributed by atoms with Gasteiger partial charge in [0.15, 0.2) is 0 Å². The molecule has 18 heavy (non-hydrogen) atoms. The SMILES string of the molecule is N#Cc1cc(CN)ccc1Sc1ccc(Br)cc1. The summed E-state index contributed by atoms with van der Waals surface area (Å²) in [5, 5.41) is 9.15. The van der Waals surface area contributed by atoms with E-state index in [1.165, 1.54) is 0 Å². The third kappa shape index (κ3) is 3.14. The van der Waals surface area contributed by atoms with Crippen molar-refractivity contribution in [1.82, 2.24) is 0 Å². The van der Waals surface area contributed by atoms with Gasteiger partial charge >= 0.3 is 0 Å². The van der Waals surface area contributed by atoms with E-state index in [2.05, 4.69) is 22.0 Å². The Morgan fingerprint density at radius 1 is 1.17 bits per heavy atom. The van der Waals surface area contributed by atoms with Gasteiger partial charge in [-0.1, -0.05) is 33.8 Å². The van der Waals surface area contributed by atoms with Crippen molar-refractivity contribution in [2.24, 2.45) is 5.73 Å². The van der Waals surface area contributed by atoms with Crippen LogP contribution < -0.4 is 5.73 Å². The van der Waals surface area contributed by atoms with Gasteiger partial charge in [0.2, 0.25) is 0 Å². The van der Waals surface area contributed by atoms with Crippen LogP contribution in [-0.2, 0) is 6.54 Å². The van der Waals surface area contributed by atoms with E-state index in [-0.39, 0.29) is 0 Å². The largest absolute Gasteiger partial charge is 0.326 e. The fourth-order valence-corrected chi connectivity index (χ4v) is 2.65. The summed E-state index contributed by atoms with van der Waals surface area (Å²) < 4.78 is 1.05. The molecule has 2 N–H and O–H groups in total. The van der Waals surface area contributed by atoms with Crippen molar-refractivity contribution in [3.8, 4) is 6.07 Å². The molecule has 0 saturated heterocycles. The molecule has 2 aromatic carbocycles. The van der Waals surface area contributed by atoms with E-state index in [9.17, 15) is 0 Å². The van der Waals surface area contributed by atoms with Gasteiger partial charge in [0.05, 0.1) is 5.56 Å². The van der Waals surface area contributed by atoms with Crippen molar-refractivity contribution in [3.63, 3.8) is 0 Å². The van der Waals surface area contributed by atoms with Gasteiger partial charge in [-0.15, -0.1) is 0 Å². The topological polar surface area (TPSA) is 49.8 Å². The van der Waals surface area contributed by atoms with E-state index >= 15 is 0 Å². The molecule has 2 nitrogen and oxygen atoms in total. The van der Waals surface area contributed by atoms with Crippen molar-refractivity contribution < 1.29 is 0 Å². The molecule has 0 saturated carbocycles. The Morgan fingerprint density at radius 3 is 2.50 bits per heavy atom. The first-order chi connectivity index (χ1) is 8.72. The van der Waals surface area contributed by atoms with E-state index in [0.29, 0.717) is 12.1 Å². The lowest BCUT2D eigenvalue weighted by molar-refractivity contribution is 1.06. The summed E-state index contributed by atoms with van der Waals surface area (Å²) in [7, 11) is 0. The number of hydrogen-bond donors (Lipinski definition) is 1. The number of halogens is 1. The first kappa shape index (κ1) is 13.2. The Hall–Kier alpha value is -1.28. The zero-order valence-corrected chi connectivity index (χ0v) is 12.0. The maximum absolute atomic E-state index is 9.15. The van der Waals surface area contributed by atoms with Crippen molar-refractivity contribution in [2.75, 3.05) is 0 Å². The maximum atomic E-state index is 9.15. The molecular weight excluding hydrogens is 308 g/mol. The Morgan fingerprint density at radius 2 is 1.89 bits per heavy atom. The van der Waals surface area contributed by atoms with Crippen LogP contribution in [-0.4, -0.2) is 0 Å². The highest BCUT2D eigenvalue weighted by Crippen LogP contribution is 2.31. The molecule has 0 aliphatic carbocycles. The third-order valence-corrected chi connectivity index (χ3v) is 4.05. The summed E-state index contributed by atoms with van der Waals surface area (Å²) in [4.78, 5) is 2.06. The van der Waals surface area contributed by atoms with Gasteiger partial charge < -0.3 is 5.73 Å². The highest BCUT2D eigenvalue weighted by atomic mass is 79.9. The number of rotatable bonds is 3. The van der Waals surface area contributed by atoms with E-state index in [0.717, 1.165) is 19.8 Å². The normalized spacial score (nSPS) is 10.1.